The fourth-order valence-electron chi connectivity index (χ4n) is 3.24. The van der Waals surface area contributed by atoms with Gasteiger partial charge in [0.25, 0.3) is 0 Å². The summed E-state index contributed by atoms with van der Waals surface area (Å²) < 4.78 is 3.11. The van der Waals surface area contributed by atoms with Crippen LogP contribution in [0.2, 0.25) is 0 Å². The Kier molecular flexibility index (Phi) is 6.35. The first-order chi connectivity index (χ1) is 11.3. The molecule has 0 aliphatic carbocycles. The van der Waals surface area contributed by atoms with Crippen LogP contribution in [0, 0.1) is 10.1 Å². The molecular formula is C15H20Br2ClN5O2. The van der Waals surface area contributed by atoms with Crippen molar-refractivity contribution in [1.82, 2.24) is 9.55 Å². The van der Waals surface area contributed by atoms with E-state index in [-0.39, 0.29) is 35.1 Å². The molecule has 1 saturated heterocycles. The lowest BCUT2D eigenvalue weighted by Crippen LogP contribution is -2.44. The van der Waals surface area contributed by atoms with E-state index in [1.54, 1.807) is 0 Å². The number of rotatable bonds is 3. The summed E-state index contributed by atoms with van der Waals surface area (Å²) in [5.74, 6) is 0.753. The van der Waals surface area contributed by atoms with Gasteiger partial charge in [-0.25, -0.2) is 4.98 Å². The molecule has 2 aromatic rings. The molecule has 138 valence electrons. The molecule has 10 heteroatoms. The van der Waals surface area contributed by atoms with Crippen molar-refractivity contribution in [3.8, 4) is 0 Å². The summed E-state index contributed by atoms with van der Waals surface area (Å²) >= 11 is 6.71. The molecule has 1 aliphatic rings. The maximum absolute atomic E-state index is 11.6. The molecule has 0 radical (unpaired) electrons. The Morgan fingerprint density at radius 1 is 1.44 bits per heavy atom. The number of hydrogen-bond donors (Lipinski definition) is 1. The zero-order valence-electron chi connectivity index (χ0n) is 13.9. The molecule has 0 bridgehead atoms. The number of nitro benzene ring substituents is 1. The van der Waals surface area contributed by atoms with Crippen LogP contribution in [-0.2, 0) is 0 Å². The average molecular weight is 498 g/mol. The van der Waals surface area contributed by atoms with Crippen molar-refractivity contribution in [3.63, 3.8) is 0 Å². The van der Waals surface area contributed by atoms with Crippen LogP contribution in [-0.4, -0.2) is 33.6 Å². The molecular weight excluding hydrogens is 477 g/mol. The quantitative estimate of drug-likeness (QED) is 0.502. The average Bonchev–Trinajstić information content (AvgIpc) is 2.86. The second-order valence-electron chi connectivity index (χ2n) is 6.37. The van der Waals surface area contributed by atoms with Crippen LogP contribution in [0.5, 0.6) is 0 Å². The van der Waals surface area contributed by atoms with Crippen molar-refractivity contribution in [2.45, 2.75) is 38.8 Å². The predicted octanol–water partition coefficient (Wildman–Crippen LogP) is 4.40. The summed E-state index contributed by atoms with van der Waals surface area (Å²) in [5.41, 5.74) is 7.25. The Morgan fingerprint density at radius 2 is 2.12 bits per heavy atom. The van der Waals surface area contributed by atoms with Crippen LogP contribution in [0.25, 0.3) is 11.0 Å². The van der Waals surface area contributed by atoms with Gasteiger partial charge in [-0.2, -0.15) is 0 Å². The van der Waals surface area contributed by atoms with Crippen LogP contribution < -0.4 is 10.6 Å². The van der Waals surface area contributed by atoms with Crippen LogP contribution >= 0.6 is 44.3 Å². The van der Waals surface area contributed by atoms with Crippen molar-refractivity contribution < 1.29 is 4.92 Å². The molecule has 1 aliphatic heterocycles. The van der Waals surface area contributed by atoms with Crippen molar-refractivity contribution in [2.75, 3.05) is 18.0 Å². The van der Waals surface area contributed by atoms with Gasteiger partial charge in [0, 0.05) is 29.6 Å². The Morgan fingerprint density at radius 3 is 2.68 bits per heavy atom. The predicted molar refractivity (Wildman–Crippen MR) is 109 cm³/mol. The van der Waals surface area contributed by atoms with Crippen LogP contribution in [0.3, 0.4) is 0 Å². The molecule has 2 heterocycles. The molecule has 25 heavy (non-hydrogen) atoms. The Balaban J connectivity index is 0.00000225. The zero-order valence-corrected chi connectivity index (χ0v) is 17.9. The molecule has 1 aromatic heterocycles. The second kappa shape index (κ2) is 7.77. The van der Waals surface area contributed by atoms with Gasteiger partial charge in [-0.05, 0) is 64.6 Å². The number of piperidine rings is 1. The summed E-state index contributed by atoms with van der Waals surface area (Å²) in [7, 11) is 0. The summed E-state index contributed by atoms with van der Waals surface area (Å²) in [6, 6.07) is 2.11. The summed E-state index contributed by atoms with van der Waals surface area (Å²) in [6.45, 7) is 5.68. The van der Waals surface area contributed by atoms with E-state index in [0.29, 0.717) is 21.0 Å². The van der Waals surface area contributed by atoms with E-state index in [2.05, 4.69) is 60.2 Å². The highest BCUT2D eigenvalue weighted by Gasteiger charge is 2.29. The molecule has 7 nitrogen and oxygen atoms in total. The molecule has 0 amide bonds. The summed E-state index contributed by atoms with van der Waals surface area (Å²) in [5, 5.41) is 11.6. The van der Waals surface area contributed by atoms with E-state index >= 15 is 0 Å². The molecule has 0 saturated carbocycles. The normalized spacial score (nSPS) is 17.8. The van der Waals surface area contributed by atoms with Crippen molar-refractivity contribution in [1.29, 1.82) is 0 Å². The summed E-state index contributed by atoms with van der Waals surface area (Å²) in [6.07, 6.45) is 1.99. The van der Waals surface area contributed by atoms with Crippen molar-refractivity contribution >= 4 is 66.9 Å². The zero-order chi connectivity index (χ0) is 17.6. The maximum Gasteiger partial charge on any atom is 0.312 e. The molecule has 1 fully saturated rings. The largest absolute Gasteiger partial charge is 0.341 e. The Hall–Kier alpha value is -0.900. The third kappa shape index (κ3) is 3.65. The van der Waals surface area contributed by atoms with Crippen LogP contribution in [0.4, 0.5) is 11.6 Å². The minimum absolute atomic E-state index is 0. The lowest BCUT2D eigenvalue weighted by atomic mass is 10.1. The van der Waals surface area contributed by atoms with E-state index < -0.39 is 0 Å². The Bertz CT molecular complexity index is 811. The lowest BCUT2D eigenvalue weighted by Gasteiger charge is -2.32. The number of imidazole rings is 1. The molecule has 0 spiro atoms. The fourth-order valence-corrected chi connectivity index (χ4v) is 4.09. The van der Waals surface area contributed by atoms with Gasteiger partial charge in [-0.15, -0.1) is 12.4 Å². The van der Waals surface area contributed by atoms with Gasteiger partial charge in [0.05, 0.1) is 10.4 Å². The number of nitrogens with two attached hydrogens (primary N) is 1. The number of aromatic nitrogens is 2. The SMILES string of the molecule is CC(C)n1c(N2CCCC(N)C2)nc2c([N+](=O)[O-])c(Br)c(Br)cc21.Cl. The number of hydrogen-bond acceptors (Lipinski definition) is 5. The van der Waals surface area contributed by atoms with Gasteiger partial charge < -0.3 is 15.2 Å². The number of benzene rings is 1. The first-order valence-electron chi connectivity index (χ1n) is 7.86. The minimum atomic E-state index is -0.388. The van der Waals surface area contributed by atoms with Gasteiger partial charge in [-0.1, -0.05) is 0 Å². The molecule has 1 unspecified atom stereocenters. The number of halogens is 3. The molecule has 3 rings (SSSR count). The van der Waals surface area contributed by atoms with E-state index in [0.717, 1.165) is 30.9 Å². The van der Waals surface area contributed by atoms with Crippen molar-refractivity contribution in [3.05, 3.63) is 25.1 Å². The first kappa shape index (κ1) is 20.4. The third-order valence-electron chi connectivity index (χ3n) is 4.27. The summed E-state index contributed by atoms with van der Waals surface area (Å²) in [4.78, 5) is 18.0. The number of fused-ring (bicyclic) bond motifs is 1. The lowest BCUT2D eigenvalue weighted by molar-refractivity contribution is -0.384. The van der Waals surface area contributed by atoms with E-state index in [4.69, 9.17) is 5.73 Å². The smallest absolute Gasteiger partial charge is 0.312 e. The fraction of sp³-hybridized carbons (Fsp3) is 0.533. The number of anilines is 1. The van der Waals surface area contributed by atoms with E-state index in [1.165, 1.54) is 0 Å². The highest BCUT2D eigenvalue weighted by atomic mass is 79.9. The highest BCUT2D eigenvalue weighted by molar-refractivity contribution is 9.13. The van der Waals surface area contributed by atoms with Gasteiger partial charge in [0.15, 0.2) is 5.52 Å². The topological polar surface area (TPSA) is 90.2 Å². The van der Waals surface area contributed by atoms with Gasteiger partial charge >= 0.3 is 5.69 Å². The van der Waals surface area contributed by atoms with Gasteiger partial charge in [0.1, 0.15) is 4.47 Å². The third-order valence-corrected chi connectivity index (χ3v) is 6.23. The van der Waals surface area contributed by atoms with Gasteiger partial charge in [-0.3, -0.25) is 10.1 Å². The van der Waals surface area contributed by atoms with Crippen LogP contribution in [0.1, 0.15) is 32.7 Å². The standard InChI is InChI=1S/C15H19Br2N5O2.ClH/c1-8(2)21-11-6-10(16)12(17)14(22(23)24)13(11)19-15(21)20-5-3-4-9(18)7-20;/h6,8-9H,3-5,7,18H2,1-2H3;1H. The highest BCUT2D eigenvalue weighted by Crippen LogP contribution is 2.41. The van der Waals surface area contributed by atoms with E-state index in [1.807, 2.05) is 6.07 Å². The number of nitrogens with zero attached hydrogens (tertiary/aromatic N) is 4. The minimum Gasteiger partial charge on any atom is -0.341 e. The molecule has 1 aromatic carbocycles. The Labute approximate surface area is 168 Å². The maximum atomic E-state index is 11.6. The first-order valence-corrected chi connectivity index (χ1v) is 9.44. The van der Waals surface area contributed by atoms with Crippen LogP contribution in [0.15, 0.2) is 15.0 Å². The molecule has 2 N–H and O–H groups in total. The number of nitro groups is 1. The monoisotopic (exact) mass is 495 g/mol. The van der Waals surface area contributed by atoms with E-state index in [9.17, 15) is 10.1 Å². The second-order valence-corrected chi connectivity index (χ2v) is 8.02. The van der Waals surface area contributed by atoms with Gasteiger partial charge in [0.2, 0.25) is 5.95 Å². The molecule has 1 atom stereocenters. The van der Waals surface area contributed by atoms with Crippen molar-refractivity contribution in [2.24, 2.45) is 5.73 Å².